The van der Waals surface area contributed by atoms with E-state index in [9.17, 15) is 22.8 Å². The van der Waals surface area contributed by atoms with Crippen molar-refractivity contribution >= 4 is 34.9 Å². The van der Waals surface area contributed by atoms with Gasteiger partial charge in [0.2, 0.25) is 0 Å². The predicted molar refractivity (Wildman–Crippen MR) is 117 cm³/mol. The van der Waals surface area contributed by atoms with E-state index < -0.39 is 24.7 Å². The number of aliphatic carboxylic acids is 2. The maximum Gasteiger partial charge on any atom is 0.490 e. The second kappa shape index (κ2) is 11.9. The minimum absolute atomic E-state index is 0.245. The van der Waals surface area contributed by atoms with Crippen LogP contribution in [0, 0.1) is 0 Å². The highest BCUT2D eigenvalue weighted by atomic mass is 19.4. The molecule has 178 valence electrons. The van der Waals surface area contributed by atoms with Crippen LogP contribution in [0.25, 0.3) is 0 Å². The van der Waals surface area contributed by atoms with Gasteiger partial charge in [-0.1, -0.05) is 24.3 Å². The van der Waals surface area contributed by atoms with Gasteiger partial charge in [0.05, 0.1) is 0 Å². The normalized spacial score (nSPS) is 10.3. The van der Waals surface area contributed by atoms with Gasteiger partial charge in [0.1, 0.15) is 5.75 Å². The van der Waals surface area contributed by atoms with Crippen LogP contribution in [-0.2, 0) is 9.59 Å². The van der Waals surface area contributed by atoms with Crippen molar-refractivity contribution in [3.63, 3.8) is 0 Å². The molecule has 3 aromatic rings. The molecule has 0 heterocycles. The standard InChI is InChI=1S/C21H18N2O4.C2HF3O2/c24-20(25)14-27-19-11-9-17(10-12-19)23-21(26)15-5-4-8-18(13-15)22-16-6-2-1-3-7-16;3-2(4,5)1(6)7/h1-13,22H,14H2,(H,23,26)(H,24,25);(H,6,7). The molecule has 8 nitrogen and oxygen atoms in total. The smallest absolute Gasteiger partial charge is 0.482 e. The van der Waals surface area contributed by atoms with E-state index in [0.717, 1.165) is 11.4 Å². The lowest BCUT2D eigenvalue weighted by Crippen LogP contribution is -2.21. The Balaban J connectivity index is 0.000000509. The average molecular weight is 476 g/mol. The van der Waals surface area contributed by atoms with E-state index in [0.29, 0.717) is 17.0 Å². The largest absolute Gasteiger partial charge is 0.490 e. The first-order valence-corrected chi connectivity index (χ1v) is 9.53. The number of carboxylic acid groups (broad SMARTS) is 2. The van der Waals surface area contributed by atoms with Crippen molar-refractivity contribution in [1.29, 1.82) is 0 Å². The van der Waals surface area contributed by atoms with Crippen LogP contribution in [0.4, 0.5) is 30.2 Å². The second-order valence-corrected chi connectivity index (χ2v) is 6.54. The van der Waals surface area contributed by atoms with E-state index in [1.54, 1.807) is 36.4 Å². The first-order chi connectivity index (χ1) is 16.0. The van der Waals surface area contributed by atoms with Crippen molar-refractivity contribution < 1.29 is 42.5 Å². The lowest BCUT2D eigenvalue weighted by Gasteiger charge is -2.10. The van der Waals surface area contributed by atoms with Gasteiger partial charge in [-0.2, -0.15) is 13.2 Å². The maximum absolute atomic E-state index is 12.5. The third-order valence-corrected chi connectivity index (χ3v) is 3.90. The van der Waals surface area contributed by atoms with Crippen molar-refractivity contribution in [3.05, 3.63) is 84.4 Å². The molecule has 0 aromatic heterocycles. The van der Waals surface area contributed by atoms with Crippen LogP contribution < -0.4 is 15.4 Å². The Kier molecular flexibility index (Phi) is 9.00. The summed E-state index contributed by atoms with van der Waals surface area (Å²) in [7, 11) is 0. The number of alkyl halides is 3. The Morgan fingerprint density at radius 1 is 0.794 bits per heavy atom. The fourth-order valence-corrected chi connectivity index (χ4v) is 2.41. The van der Waals surface area contributed by atoms with Gasteiger partial charge < -0.3 is 25.6 Å². The van der Waals surface area contributed by atoms with Crippen LogP contribution in [0.15, 0.2) is 78.9 Å². The lowest BCUT2D eigenvalue weighted by atomic mass is 10.1. The molecule has 0 spiro atoms. The number of carboxylic acids is 2. The number of carbonyl (C=O) groups is 3. The van der Waals surface area contributed by atoms with Gasteiger partial charge in [-0.05, 0) is 54.6 Å². The summed E-state index contributed by atoms with van der Waals surface area (Å²) in [6, 6.07) is 23.4. The first kappa shape index (κ1) is 25.7. The number of rotatable bonds is 7. The molecule has 34 heavy (non-hydrogen) atoms. The summed E-state index contributed by atoms with van der Waals surface area (Å²) >= 11 is 0. The molecule has 0 aliphatic rings. The first-order valence-electron chi connectivity index (χ1n) is 9.53. The summed E-state index contributed by atoms with van der Waals surface area (Å²) in [5.74, 6) is -3.63. The monoisotopic (exact) mass is 476 g/mol. The van der Waals surface area contributed by atoms with Gasteiger partial charge in [0, 0.05) is 22.6 Å². The zero-order valence-corrected chi connectivity index (χ0v) is 17.4. The average Bonchev–Trinajstić information content (AvgIpc) is 2.79. The molecule has 0 unspecified atom stereocenters. The molecular formula is C23H19F3N2O6. The highest BCUT2D eigenvalue weighted by molar-refractivity contribution is 6.04. The number of benzene rings is 3. The van der Waals surface area contributed by atoms with Crippen molar-refractivity contribution in [2.45, 2.75) is 6.18 Å². The van der Waals surface area contributed by atoms with Gasteiger partial charge in [-0.15, -0.1) is 0 Å². The van der Waals surface area contributed by atoms with Crippen molar-refractivity contribution in [2.24, 2.45) is 0 Å². The maximum atomic E-state index is 12.5. The molecule has 0 atom stereocenters. The van der Waals surface area contributed by atoms with Crippen LogP contribution >= 0.6 is 0 Å². The summed E-state index contributed by atoms with van der Waals surface area (Å²) in [5, 5.41) is 21.8. The van der Waals surface area contributed by atoms with Gasteiger partial charge in [0.25, 0.3) is 5.91 Å². The molecule has 0 bridgehead atoms. The fraction of sp³-hybridized carbons (Fsp3) is 0.0870. The minimum atomic E-state index is -5.08. The summed E-state index contributed by atoms with van der Waals surface area (Å²) in [4.78, 5) is 31.9. The van der Waals surface area contributed by atoms with Gasteiger partial charge >= 0.3 is 18.1 Å². The number of hydrogen-bond acceptors (Lipinski definition) is 5. The molecule has 4 N–H and O–H groups in total. The highest BCUT2D eigenvalue weighted by Crippen LogP contribution is 2.20. The predicted octanol–water partition coefficient (Wildman–Crippen LogP) is 4.78. The Morgan fingerprint density at radius 3 is 1.94 bits per heavy atom. The summed E-state index contributed by atoms with van der Waals surface area (Å²) in [6.07, 6.45) is -5.08. The number of para-hydroxylation sites is 1. The third-order valence-electron chi connectivity index (χ3n) is 3.90. The summed E-state index contributed by atoms with van der Waals surface area (Å²) < 4.78 is 36.8. The third kappa shape index (κ3) is 8.91. The van der Waals surface area contributed by atoms with E-state index in [4.69, 9.17) is 19.7 Å². The van der Waals surface area contributed by atoms with Crippen molar-refractivity contribution in [1.82, 2.24) is 0 Å². The van der Waals surface area contributed by atoms with E-state index in [1.807, 2.05) is 42.5 Å². The highest BCUT2D eigenvalue weighted by Gasteiger charge is 2.38. The Morgan fingerprint density at radius 2 is 1.38 bits per heavy atom. The SMILES string of the molecule is O=C(O)C(F)(F)F.O=C(O)COc1ccc(NC(=O)c2cccc(Nc3ccccc3)c2)cc1. The number of halogens is 3. The molecule has 0 radical (unpaired) electrons. The Labute approximate surface area is 191 Å². The number of carbonyl (C=O) groups excluding carboxylic acids is 1. The van der Waals surface area contributed by atoms with Crippen molar-refractivity contribution in [3.8, 4) is 5.75 Å². The second-order valence-electron chi connectivity index (χ2n) is 6.54. The lowest BCUT2D eigenvalue weighted by molar-refractivity contribution is -0.192. The van der Waals surface area contributed by atoms with Crippen molar-refractivity contribution in [2.75, 3.05) is 17.2 Å². The molecule has 11 heteroatoms. The Hall–Kier alpha value is -4.54. The molecule has 0 fully saturated rings. The van der Waals surface area contributed by atoms with Crippen LogP contribution in [0.5, 0.6) is 5.75 Å². The van der Waals surface area contributed by atoms with Crippen LogP contribution in [0.2, 0.25) is 0 Å². The molecule has 0 aliphatic carbocycles. The van der Waals surface area contributed by atoms with Crippen LogP contribution in [0.1, 0.15) is 10.4 Å². The molecule has 3 aromatic carbocycles. The van der Waals surface area contributed by atoms with E-state index in [1.165, 1.54) is 0 Å². The number of nitrogens with one attached hydrogen (secondary N) is 2. The minimum Gasteiger partial charge on any atom is -0.482 e. The molecule has 0 saturated heterocycles. The van der Waals surface area contributed by atoms with Crippen LogP contribution in [-0.4, -0.2) is 40.8 Å². The molecule has 0 aliphatic heterocycles. The molecular weight excluding hydrogens is 457 g/mol. The van der Waals surface area contributed by atoms with Crippen LogP contribution in [0.3, 0.4) is 0 Å². The van der Waals surface area contributed by atoms with Gasteiger partial charge in [-0.3, -0.25) is 4.79 Å². The number of hydrogen-bond donors (Lipinski definition) is 4. The van der Waals surface area contributed by atoms with E-state index in [-0.39, 0.29) is 5.91 Å². The molecule has 1 amide bonds. The number of anilines is 3. The summed E-state index contributed by atoms with van der Waals surface area (Å²) in [6.45, 7) is -0.410. The topological polar surface area (TPSA) is 125 Å². The fourth-order valence-electron chi connectivity index (χ4n) is 2.41. The zero-order chi connectivity index (χ0) is 25.1. The van der Waals surface area contributed by atoms with Gasteiger partial charge in [0.15, 0.2) is 6.61 Å². The Bertz CT molecular complexity index is 1120. The molecule has 3 rings (SSSR count). The van der Waals surface area contributed by atoms with Gasteiger partial charge in [-0.25, -0.2) is 9.59 Å². The molecule has 0 saturated carbocycles. The van der Waals surface area contributed by atoms with E-state index >= 15 is 0 Å². The quantitative estimate of drug-likeness (QED) is 0.387. The number of amides is 1. The summed E-state index contributed by atoms with van der Waals surface area (Å²) in [5.41, 5.74) is 2.85. The number of ether oxygens (including phenoxy) is 1. The zero-order valence-electron chi connectivity index (χ0n) is 17.4. The van der Waals surface area contributed by atoms with E-state index in [2.05, 4.69) is 10.6 Å².